The number of pyridine rings is 2. The average molecular weight is 240 g/mol. The molecule has 0 aromatic carbocycles. The van der Waals surface area contributed by atoms with Gasteiger partial charge in [0.05, 0.1) is 5.71 Å². The van der Waals surface area contributed by atoms with Crippen molar-refractivity contribution in [3.05, 3.63) is 48.8 Å². The first-order chi connectivity index (χ1) is 8.81. The fourth-order valence-corrected chi connectivity index (χ4v) is 1.36. The van der Waals surface area contributed by atoms with E-state index in [-0.39, 0.29) is 0 Å². The Kier molecular flexibility index (Phi) is 3.76. The van der Waals surface area contributed by atoms with Gasteiger partial charge < -0.3 is 0 Å². The number of carbonyl (C=O) groups is 1. The molecule has 2 rings (SSSR count). The average Bonchev–Trinajstić information content (AvgIpc) is 2.46. The quantitative estimate of drug-likeness (QED) is 0.467. The van der Waals surface area contributed by atoms with Crippen molar-refractivity contribution in [3.63, 3.8) is 0 Å². The topological polar surface area (TPSA) is 58.5 Å². The van der Waals surface area contributed by atoms with E-state index >= 15 is 0 Å². The lowest BCUT2D eigenvalue weighted by Gasteiger charge is -2.16. The summed E-state index contributed by atoms with van der Waals surface area (Å²) in [4.78, 5) is 19.1. The van der Waals surface area contributed by atoms with Crippen molar-refractivity contribution < 1.29 is 4.79 Å². The monoisotopic (exact) mass is 240 g/mol. The minimum atomic E-state index is 0.353. The number of carbonyl (C=O) groups excluding carboxylic acids is 1. The van der Waals surface area contributed by atoms with Gasteiger partial charge in [-0.1, -0.05) is 12.1 Å². The molecule has 0 atom stereocenters. The summed E-state index contributed by atoms with van der Waals surface area (Å²) in [6.07, 6.45) is 4.02. The molecule has 0 saturated carbocycles. The van der Waals surface area contributed by atoms with Crippen LogP contribution in [-0.2, 0) is 4.79 Å². The minimum absolute atomic E-state index is 0.353. The van der Waals surface area contributed by atoms with Gasteiger partial charge in [-0.2, -0.15) is 10.1 Å². The fraction of sp³-hybridized carbons (Fsp3) is 0.0769. The summed E-state index contributed by atoms with van der Waals surface area (Å²) in [6.45, 7) is 1.63. The molecule has 0 spiro atoms. The zero-order chi connectivity index (χ0) is 12.8. The van der Waals surface area contributed by atoms with Gasteiger partial charge in [-0.3, -0.25) is 4.79 Å². The van der Waals surface area contributed by atoms with E-state index in [9.17, 15) is 4.79 Å². The molecule has 0 aliphatic rings. The summed E-state index contributed by atoms with van der Waals surface area (Å²) in [5.41, 5.74) is 0.353. The smallest absolute Gasteiger partial charge is 0.165 e. The van der Waals surface area contributed by atoms with Gasteiger partial charge in [0.25, 0.3) is 0 Å². The number of rotatable bonds is 4. The number of hydrazone groups is 1. The van der Waals surface area contributed by atoms with Crippen molar-refractivity contribution in [1.82, 2.24) is 9.97 Å². The van der Waals surface area contributed by atoms with Crippen LogP contribution in [0.3, 0.4) is 0 Å². The molecule has 2 heterocycles. The SMILES string of the molecule is C/C(C=O)=N\N(c1ccccn1)c1ccccn1. The van der Waals surface area contributed by atoms with E-state index in [2.05, 4.69) is 15.1 Å². The molecule has 5 heteroatoms. The molecule has 18 heavy (non-hydrogen) atoms. The lowest BCUT2D eigenvalue weighted by atomic mass is 10.4. The molecule has 0 fully saturated rings. The summed E-state index contributed by atoms with van der Waals surface area (Å²) >= 11 is 0. The van der Waals surface area contributed by atoms with E-state index in [4.69, 9.17) is 0 Å². The Bertz CT molecular complexity index is 500. The van der Waals surface area contributed by atoms with Crippen molar-refractivity contribution in [2.24, 2.45) is 5.10 Å². The second-order valence-corrected chi connectivity index (χ2v) is 3.55. The molecule has 0 aliphatic carbocycles. The predicted octanol–water partition coefficient (Wildman–Crippen LogP) is 2.19. The van der Waals surface area contributed by atoms with Gasteiger partial charge in [0, 0.05) is 12.4 Å². The predicted molar refractivity (Wildman–Crippen MR) is 69.8 cm³/mol. The molecule has 0 amide bonds. The molecule has 0 saturated heterocycles. The summed E-state index contributed by atoms with van der Waals surface area (Å²) in [6, 6.07) is 10.9. The second kappa shape index (κ2) is 5.67. The molecule has 0 radical (unpaired) electrons. The van der Waals surface area contributed by atoms with Crippen LogP contribution in [0, 0.1) is 0 Å². The fourth-order valence-electron chi connectivity index (χ4n) is 1.36. The maximum Gasteiger partial charge on any atom is 0.165 e. The standard InChI is InChI=1S/C13H12N4O/c1-11(10-18)16-17(12-6-2-4-8-14-12)13-7-3-5-9-15-13/h2-10H,1H3/b16-11+. The van der Waals surface area contributed by atoms with E-state index < -0.39 is 0 Å². The third kappa shape index (κ3) is 2.76. The van der Waals surface area contributed by atoms with Gasteiger partial charge in [0.2, 0.25) is 0 Å². The maximum atomic E-state index is 10.7. The lowest BCUT2D eigenvalue weighted by molar-refractivity contribution is -0.102. The Labute approximate surface area is 105 Å². The first-order valence-electron chi connectivity index (χ1n) is 5.44. The summed E-state index contributed by atoms with van der Waals surface area (Å²) in [5.74, 6) is 1.22. The van der Waals surface area contributed by atoms with Crippen molar-refractivity contribution in [2.45, 2.75) is 6.92 Å². The van der Waals surface area contributed by atoms with Crippen molar-refractivity contribution in [2.75, 3.05) is 5.01 Å². The largest absolute Gasteiger partial charge is 0.296 e. The zero-order valence-corrected chi connectivity index (χ0v) is 9.89. The van der Waals surface area contributed by atoms with Crippen molar-refractivity contribution in [1.29, 1.82) is 0 Å². The summed E-state index contributed by atoms with van der Waals surface area (Å²) < 4.78 is 0. The van der Waals surface area contributed by atoms with Crippen LogP contribution >= 0.6 is 0 Å². The molecule has 2 aromatic heterocycles. The number of hydrogen-bond donors (Lipinski definition) is 0. The van der Waals surface area contributed by atoms with Crippen molar-refractivity contribution >= 4 is 23.6 Å². The maximum absolute atomic E-state index is 10.7. The number of nitrogens with zero attached hydrogens (tertiary/aromatic N) is 4. The van der Waals surface area contributed by atoms with E-state index in [0.29, 0.717) is 23.6 Å². The minimum Gasteiger partial charge on any atom is -0.296 e. The highest BCUT2D eigenvalue weighted by Gasteiger charge is 2.10. The third-order valence-electron chi connectivity index (χ3n) is 2.16. The van der Waals surface area contributed by atoms with E-state index in [1.807, 2.05) is 24.3 Å². The number of anilines is 2. The first kappa shape index (κ1) is 11.9. The summed E-state index contributed by atoms with van der Waals surface area (Å²) in [5, 5.41) is 5.72. The van der Waals surface area contributed by atoms with Crippen molar-refractivity contribution in [3.8, 4) is 0 Å². The van der Waals surface area contributed by atoms with Crippen LogP contribution in [0.25, 0.3) is 0 Å². The Morgan fingerprint density at radius 1 is 1.11 bits per heavy atom. The molecular weight excluding hydrogens is 228 g/mol. The van der Waals surface area contributed by atoms with Gasteiger partial charge in [-0.25, -0.2) is 9.97 Å². The number of aromatic nitrogens is 2. The zero-order valence-electron chi connectivity index (χ0n) is 9.89. The van der Waals surface area contributed by atoms with Gasteiger partial charge >= 0.3 is 0 Å². The van der Waals surface area contributed by atoms with Gasteiger partial charge in [0.15, 0.2) is 17.9 Å². The number of aldehydes is 1. The highest BCUT2D eigenvalue weighted by atomic mass is 16.1. The highest BCUT2D eigenvalue weighted by Crippen LogP contribution is 2.20. The Morgan fingerprint density at radius 2 is 1.67 bits per heavy atom. The molecule has 0 N–H and O–H groups in total. The molecule has 0 aliphatic heterocycles. The lowest BCUT2D eigenvalue weighted by Crippen LogP contribution is -2.14. The normalized spacial score (nSPS) is 11.1. The van der Waals surface area contributed by atoms with Crippen LogP contribution in [-0.4, -0.2) is 22.0 Å². The van der Waals surface area contributed by atoms with Crippen LogP contribution in [0.2, 0.25) is 0 Å². The Balaban J connectivity index is 2.45. The second-order valence-electron chi connectivity index (χ2n) is 3.55. The van der Waals surface area contributed by atoms with Crippen LogP contribution in [0.15, 0.2) is 53.9 Å². The third-order valence-corrected chi connectivity index (χ3v) is 2.16. The van der Waals surface area contributed by atoms with Crippen LogP contribution in [0.5, 0.6) is 0 Å². The molecule has 2 aromatic rings. The van der Waals surface area contributed by atoms with E-state index in [1.165, 1.54) is 5.01 Å². The molecule has 0 unspecified atom stereocenters. The molecular formula is C13H12N4O. The summed E-state index contributed by atoms with van der Waals surface area (Å²) in [7, 11) is 0. The molecule has 90 valence electrons. The first-order valence-corrected chi connectivity index (χ1v) is 5.44. The Hall–Kier alpha value is -2.56. The van der Waals surface area contributed by atoms with Gasteiger partial charge in [0.1, 0.15) is 0 Å². The highest BCUT2D eigenvalue weighted by molar-refractivity contribution is 6.27. The van der Waals surface area contributed by atoms with Gasteiger partial charge in [-0.15, -0.1) is 0 Å². The molecule has 5 nitrogen and oxygen atoms in total. The molecule has 0 bridgehead atoms. The van der Waals surface area contributed by atoms with Crippen LogP contribution in [0.1, 0.15) is 6.92 Å². The van der Waals surface area contributed by atoms with E-state index in [1.54, 1.807) is 31.5 Å². The van der Waals surface area contributed by atoms with Crippen LogP contribution in [0.4, 0.5) is 11.6 Å². The van der Waals surface area contributed by atoms with Crippen LogP contribution < -0.4 is 5.01 Å². The number of hydrogen-bond acceptors (Lipinski definition) is 5. The van der Waals surface area contributed by atoms with Gasteiger partial charge in [-0.05, 0) is 31.2 Å². The Morgan fingerprint density at radius 3 is 2.06 bits per heavy atom. The van der Waals surface area contributed by atoms with E-state index in [0.717, 1.165) is 0 Å².